The summed E-state index contributed by atoms with van der Waals surface area (Å²) in [6, 6.07) is 2.68. The zero-order chi connectivity index (χ0) is 10.7. The molecule has 1 aliphatic heterocycles. The molecule has 0 atom stereocenters. The van der Waals surface area contributed by atoms with Gasteiger partial charge >= 0.3 is 0 Å². The SMILES string of the molecule is N#CCN1CCC(n2cc(Br)cn2)CC1. The molecule has 1 fully saturated rings. The highest BCUT2D eigenvalue weighted by Crippen LogP contribution is 2.22. The fourth-order valence-electron chi connectivity index (χ4n) is 1.96. The number of rotatable bonds is 2. The van der Waals surface area contributed by atoms with Gasteiger partial charge < -0.3 is 0 Å². The maximum Gasteiger partial charge on any atom is 0.0866 e. The van der Waals surface area contributed by atoms with Gasteiger partial charge in [-0.25, -0.2) is 0 Å². The smallest absolute Gasteiger partial charge is 0.0866 e. The van der Waals surface area contributed by atoms with Crippen molar-refractivity contribution in [2.45, 2.75) is 18.9 Å². The number of hydrogen-bond acceptors (Lipinski definition) is 3. The number of nitrogens with zero attached hydrogens (tertiary/aromatic N) is 4. The Bertz CT molecular complexity index is 360. The van der Waals surface area contributed by atoms with Crippen molar-refractivity contribution in [2.75, 3.05) is 19.6 Å². The highest BCUT2D eigenvalue weighted by molar-refractivity contribution is 9.10. The molecule has 2 rings (SSSR count). The number of aromatic nitrogens is 2. The van der Waals surface area contributed by atoms with Crippen LogP contribution in [-0.4, -0.2) is 34.3 Å². The standard InChI is InChI=1S/C10H13BrN4/c11-9-7-13-15(8-9)10-1-4-14(5-2-10)6-3-12/h7-8,10H,1-2,4-6H2. The maximum absolute atomic E-state index is 8.59. The lowest BCUT2D eigenvalue weighted by Crippen LogP contribution is -2.34. The van der Waals surface area contributed by atoms with Crippen LogP contribution in [0.2, 0.25) is 0 Å². The Hall–Kier alpha value is -0.860. The van der Waals surface area contributed by atoms with Gasteiger partial charge in [-0.1, -0.05) is 0 Å². The largest absolute Gasteiger partial charge is 0.290 e. The van der Waals surface area contributed by atoms with Crippen molar-refractivity contribution in [3.05, 3.63) is 16.9 Å². The van der Waals surface area contributed by atoms with Crippen LogP contribution in [0, 0.1) is 11.3 Å². The molecule has 1 aromatic rings. The van der Waals surface area contributed by atoms with Crippen LogP contribution in [0.3, 0.4) is 0 Å². The Balaban J connectivity index is 1.91. The summed E-state index contributed by atoms with van der Waals surface area (Å²) >= 11 is 3.40. The lowest BCUT2D eigenvalue weighted by atomic mass is 10.1. The van der Waals surface area contributed by atoms with Crippen molar-refractivity contribution >= 4 is 15.9 Å². The van der Waals surface area contributed by atoms with Crippen molar-refractivity contribution in [2.24, 2.45) is 0 Å². The third-order valence-corrected chi connectivity index (χ3v) is 3.21. The van der Waals surface area contributed by atoms with Crippen molar-refractivity contribution in [3.63, 3.8) is 0 Å². The van der Waals surface area contributed by atoms with E-state index >= 15 is 0 Å². The van der Waals surface area contributed by atoms with Gasteiger partial charge in [0.05, 0.1) is 29.3 Å². The lowest BCUT2D eigenvalue weighted by Gasteiger charge is -2.30. The van der Waals surface area contributed by atoms with Gasteiger partial charge in [0.1, 0.15) is 0 Å². The number of hydrogen-bond donors (Lipinski definition) is 0. The Morgan fingerprint density at radius 1 is 1.53 bits per heavy atom. The third kappa shape index (κ3) is 2.58. The minimum Gasteiger partial charge on any atom is -0.290 e. The van der Waals surface area contributed by atoms with Crippen molar-refractivity contribution in [1.29, 1.82) is 5.26 Å². The van der Waals surface area contributed by atoms with Crippen molar-refractivity contribution in [3.8, 4) is 6.07 Å². The van der Waals surface area contributed by atoms with E-state index in [0.29, 0.717) is 12.6 Å². The Kier molecular flexibility index (Phi) is 3.39. The van der Waals surface area contributed by atoms with E-state index < -0.39 is 0 Å². The van der Waals surface area contributed by atoms with Gasteiger partial charge in [-0.3, -0.25) is 9.58 Å². The summed E-state index contributed by atoms with van der Waals surface area (Å²) < 4.78 is 3.05. The Labute approximate surface area is 97.6 Å². The third-order valence-electron chi connectivity index (χ3n) is 2.80. The molecule has 15 heavy (non-hydrogen) atoms. The van der Waals surface area contributed by atoms with Crippen LogP contribution in [0.1, 0.15) is 18.9 Å². The maximum atomic E-state index is 8.59. The summed E-state index contributed by atoms with van der Waals surface area (Å²) in [6.07, 6.45) is 6.00. The van der Waals surface area contributed by atoms with Crippen LogP contribution >= 0.6 is 15.9 Å². The zero-order valence-electron chi connectivity index (χ0n) is 8.43. The van der Waals surface area contributed by atoms with Crippen molar-refractivity contribution < 1.29 is 0 Å². The molecule has 0 amide bonds. The monoisotopic (exact) mass is 268 g/mol. The molecular weight excluding hydrogens is 256 g/mol. The van der Waals surface area contributed by atoms with Crippen molar-refractivity contribution in [1.82, 2.24) is 14.7 Å². The Morgan fingerprint density at radius 2 is 2.27 bits per heavy atom. The second-order valence-corrected chi connectivity index (χ2v) is 4.72. The first-order chi connectivity index (χ1) is 7.29. The van der Waals surface area contributed by atoms with E-state index in [2.05, 4.69) is 32.0 Å². The molecule has 0 N–H and O–H groups in total. The molecule has 0 unspecified atom stereocenters. The summed E-state index contributed by atoms with van der Waals surface area (Å²) in [5.41, 5.74) is 0. The number of halogens is 1. The van der Waals surface area contributed by atoms with E-state index in [1.54, 1.807) is 0 Å². The molecule has 0 saturated carbocycles. The van der Waals surface area contributed by atoms with Crippen LogP contribution in [-0.2, 0) is 0 Å². The highest BCUT2D eigenvalue weighted by Gasteiger charge is 2.20. The van der Waals surface area contributed by atoms with Crippen LogP contribution in [0.25, 0.3) is 0 Å². The van der Waals surface area contributed by atoms with Gasteiger partial charge in [0.15, 0.2) is 0 Å². The zero-order valence-corrected chi connectivity index (χ0v) is 10.0. The molecule has 0 aliphatic carbocycles. The van der Waals surface area contributed by atoms with E-state index in [1.165, 1.54) is 0 Å². The van der Waals surface area contributed by atoms with Crippen LogP contribution in [0.5, 0.6) is 0 Å². The van der Waals surface area contributed by atoms with E-state index in [9.17, 15) is 0 Å². The van der Waals surface area contributed by atoms with Gasteiger partial charge in [-0.05, 0) is 28.8 Å². The predicted octanol–water partition coefficient (Wildman–Crippen LogP) is 1.81. The van der Waals surface area contributed by atoms with E-state index in [1.807, 2.05) is 17.1 Å². The molecule has 0 radical (unpaired) electrons. The molecular formula is C10H13BrN4. The summed E-state index contributed by atoms with van der Waals surface area (Å²) in [5.74, 6) is 0. The molecule has 1 aromatic heterocycles. The summed E-state index contributed by atoms with van der Waals surface area (Å²) in [7, 11) is 0. The average Bonchev–Trinajstić information content (AvgIpc) is 2.67. The molecule has 5 heteroatoms. The first kappa shape index (κ1) is 10.7. The highest BCUT2D eigenvalue weighted by atomic mass is 79.9. The predicted molar refractivity (Wildman–Crippen MR) is 60.3 cm³/mol. The van der Waals surface area contributed by atoms with Crippen LogP contribution in [0.4, 0.5) is 0 Å². The average molecular weight is 269 g/mol. The number of piperidine rings is 1. The molecule has 80 valence electrons. The molecule has 1 saturated heterocycles. The molecule has 2 heterocycles. The fourth-order valence-corrected chi connectivity index (χ4v) is 2.26. The van der Waals surface area contributed by atoms with Crippen LogP contribution in [0.15, 0.2) is 16.9 Å². The second kappa shape index (κ2) is 4.77. The van der Waals surface area contributed by atoms with Gasteiger partial charge in [-0.2, -0.15) is 10.4 Å². The summed E-state index contributed by atoms with van der Waals surface area (Å²) in [4.78, 5) is 2.19. The summed E-state index contributed by atoms with van der Waals surface area (Å²) in [6.45, 7) is 2.54. The lowest BCUT2D eigenvalue weighted by molar-refractivity contribution is 0.197. The quantitative estimate of drug-likeness (QED) is 0.769. The first-order valence-corrected chi connectivity index (χ1v) is 5.88. The molecule has 4 nitrogen and oxygen atoms in total. The fraction of sp³-hybridized carbons (Fsp3) is 0.600. The minimum atomic E-state index is 0.492. The normalized spacial score (nSPS) is 18.9. The van der Waals surface area contributed by atoms with Gasteiger partial charge in [0.2, 0.25) is 0 Å². The summed E-state index contributed by atoms with van der Waals surface area (Å²) in [5, 5.41) is 12.9. The molecule has 0 aromatic carbocycles. The van der Waals surface area contributed by atoms with Gasteiger partial charge in [0.25, 0.3) is 0 Å². The Morgan fingerprint density at radius 3 is 2.80 bits per heavy atom. The van der Waals surface area contributed by atoms with E-state index in [4.69, 9.17) is 5.26 Å². The number of nitriles is 1. The second-order valence-electron chi connectivity index (χ2n) is 3.80. The number of likely N-dealkylation sites (tertiary alicyclic amines) is 1. The first-order valence-electron chi connectivity index (χ1n) is 5.08. The topological polar surface area (TPSA) is 44.9 Å². The van der Waals surface area contributed by atoms with Gasteiger partial charge in [0, 0.05) is 19.3 Å². The molecule has 0 bridgehead atoms. The minimum absolute atomic E-state index is 0.492. The van der Waals surface area contributed by atoms with E-state index in [0.717, 1.165) is 30.4 Å². The molecule has 1 aliphatic rings. The van der Waals surface area contributed by atoms with Gasteiger partial charge in [-0.15, -0.1) is 0 Å². The molecule has 0 spiro atoms. The van der Waals surface area contributed by atoms with E-state index in [-0.39, 0.29) is 0 Å². The van der Waals surface area contributed by atoms with Crippen LogP contribution < -0.4 is 0 Å².